The summed E-state index contributed by atoms with van der Waals surface area (Å²) in [6.07, 6.45) is -0.802. The smallest absolute Gasteiger partial charge is 0.435 e. The van der Waals surface area contributed by atoms with Gasteiger partial charge in [-0.2, -0.15) is 17.9 Å². The molecule has 0 aliphatic carbocycles. The van der Waals surface area contributed by atoms with Crippen LogP contribution in [0.3, 0.4) is 0 Å². The van der Waals surface area contributed by atoms with Crippen molar-refractivity contribution < 1.29 is 22.6 Å². The highest BCUT2D eigenvalue weighted by molar-refractivity contribution is 6.08. The van der Waals surface area contributed by atoms with Gasteiger partial charge in [-0.05, 0) is 6.07 Å². The van der Waals surface area contributed by atoms with Crippen LogP contribution >= 0.6 is 12.4 Å². The molecule has 3 aromatic heterocycles. The molecular weight excluding hydrogens is 385 g/mol. The summed E-state index contributed by atoms with van der Waals surface area (Å²) >= 11 is 0. The van der Waals surface area contributed by atoms with Crippen molar-refractivity contribution in [3.05, 3.63) is 41.6 Å². The van der Waals surface area contributed by atoms with E-state index in [9.17, 15) is 18.4 Å². The Kier molecular flexibility index (Phi) is 5.45. The van der Waals surface area contributed by atoms with Gasteiger partial charge in [-0.25, -0.2) is 4.98 Å². The molecule has 27 heavy (non-hydrogen) atoms. The molecule has 4 rings (SSSR count). The quantitative estimate of drug-likeness (QED) is 0.499. The molecule has 1 fully saturated rings. The fraction of sp³-hybridized carbons (Fsp3) is 0.412. The van der Waals surface area contributed by atoms with Crippen LogP contribution in [0.25, 0.3) is 21.8 Å². The van der Waals surface area contributed by atoms with E-state index in [4.69, 9.17) is 4.74 Å². The van der Waals surface area contributed by atoms with E-state index in [0.29, 0.717) is 47.3 Å². The molecule has 0 amide bonds. The fourth-order valence-corrected chi connectivity index (χ4v) is 3.48. The van der Waals surface area contributed by atoms with E-state index < -0.39 is 11.9 Å². The summed E-state index contributed by atoms with van der Waals surface area (Å²) < 4.78 is 48.1. The van der Waals surface area contributed by atoms with Gasteiger partial charge in [0.2, 0.25) is 6.20 Å². The highest BCUT2D eigenvalue weighted by Crippen LogP contribution is 2.37. The zero-order chi connectivity index (χ0) is 18.3. The molecule has 0 saturated carbocycles. The predicted molar refractivity (Wildman–Crippen MR) is 95.7 cm³/mol. The number of alkyl halides is 3. The van der Waals surface area contributed by atoms with Gasteiger partial charge >= 0.3 is 6.18 Å². The normalized spacial score (nSPS) is 16.0. The lowest BCUT2D eigenvalue weighted by Gasteiger charge is -2.27. The van der Waals surface area contributed by atoms with Crippen LogP contribution in [0.15, 0.2) is 30.7 Å². The third kappa shape index (κ3) is 3.67. The monoisotopic (exact) mass is 402 g/mol. The van der Waals surface area contributed by atoms with Gasteiger partial charge in [0.1, 0.15) is 5.52 Å². The van der Waals surface area contributed by atoms with Gasteiger partial charge in [-0.1, -0.05) is 0 Å². The molecule has 1 aliphatic heterocycles. The van der Waals surface area contributed by atoms with Crippen LogP contribution in [0.1, 0.15) is 5.69 Å². The summed E-state index contributed by atoms with van der Waals surface area (Å²) in [5, 5.41) is 12.8. The van der Waals surface area contributed by atoms with E-state index >= 15 is 0 Å². The molecule has 0 aromatic carbocycles. The van der Waals surface area contributed by atoms with E-state index in [0.717, 1.165) is 19.3 Å². The van der Waals surface area contributed by atoms with Crippen LogP contribution in [0.2, 0.25) is 0 Å². The Hall–Kier alpha value is -2.10. The number of morpholine rings is 1. The van der Waals surface area contributed by atoms with E-state index in [1.807, 2.05) is 0 Å². The number of fused-ring (bicyclic) bond motifs is 3. The van der Waals surface area contributed by atoms with Gasteiger partial charge in [0.05, 0.1) is 18.7 Å². The van der Waals surface area contributed by atoms with Crippen molar-refractivity contribution in [1.29, 1.82) is 0 Å². The lowest BCUT2D eigenvalue weighted by Crippen LogP contribution is -2.38. The highest BCUT2D eigenvalue weighted by Gasteiger charge is 2.36. The van der Waals surface area contributed by atoms with Gasteiger partial charge in [0.15, 0.2) is 11.9 Å². The van der Waals surface area contributed by atoms with Gasteiger partial charge in [0, 0.05) is 49.2 Å². The number of pyridine rings is 2. The highest BCUT2D eigenvalue weighted by atomic mass is 35.5. The Morgan fingerprint density at radius 2 is 1.89 bits per heavy atom. The Balaban J connectivity index is 0.00000210. The molecule has 1 aliphatic rings. The predicted octanol–water partition coefficient (Wildman–Crippen LogP) is 2.60. The van der Waals surface area contributed by atoms with Crippen LogP contribution < -0.4 is 4.73 Å². The maximum absolute atomic E-state index is 13.5. The summed E-state index contributed by atoms with van der Waals surface area (Å²) in [6, 6.07) is 3.11. The van der Waals surface area contributed by atoms with Crippen LogP contribution in [-0.4, -0.2) is 47.3 Å². The number of hydrogen-bond donors (Lipinski definition) is 0. The molecule has 3 aromatic rings. The van der Waals surface area contributed by atoms with E-state index in [1.165, 1.54) is 12.4 Å². The van der Waals surface area contributed by atoms with Crippen molar-refractivity contribution in [2.24, 2.45) is 0 Å². The van der Waals surface area contributed by atoms with Crippen LogP contribution in [-0.2, 0) is 17.5 Å². The summed E-state index contributed by atoms with van der Waals surface area (Å²) in [4.78, 5) is 5.72. The number of aromatic nitrogens is 3. The SMILES string of the molecule is Cl.[O-][n+]1ccc2c3ccnc(C(F)(F)F)c3n(CCN3CCOCC3)c2c1. The van der Waals surface area contributed by atoms with Gasteiger partial charge < -0.3 is 14.5 Å². The first-order valence-corrected chi connectivity index (χ1v) is 8.32. The molecule has 0 atom stereocenters. The first kappa shape index (κ1) is 19.7. The van der Waals surface area contributed by atoms with Gasteiger partial charge in [-0.15, -0.1) is 12.4 Å². The second kappa shape index (κ2) is 7.49. The summed E-state index contributed by atoms with van der Waals surface area (Å²) in [6.45, 7) is 3.61. The Morgan fingerprint density at radius 1 is 1.15 bits per heavy atom. The minimum absolute atomic E-state index is 0. The largest absolute Gasteiger partial charge is 0.619 e. The summed E-state index contributed by atoms with van der Waals surface area (Å²) in [7, 11) is 0. The molecular formula is C17H18ClF3N4O2. The van der Waals surface area contributed by atoms with Crippen LogP contribution in [0.4, 0.5) is 13.2 Å². The third-order valence-corrected chi connectivity index (χ3v) is 4.70. The molecule has 0 bridgehead atoms. The maximum Gasteiger partial charge on any atom is 0.435 e. The first-order valence-electron chi connectivity index (χ1n) is 8.32. The van der Waals surface area contributed by atoms with Crippen molar-refractivity contribution in [2.75, 3.05) is 32.8 Å². The molecule has 10 heteroatoms. The number of nitrogens with zero attached hydrogens (tertiary/aromatic N) is 4. The Morgan fingerprint density at radius 3 is 2.59 bits per heavy atom. The minimum Gasteiger partial charge on any atom is -0.619 e. The number of halogens is 4. The Labute approximate surface area is 159 Å². The second-order valence-corrected chi connectivity index (χ2v) is 6.26. The van der Waals surface area contributed by atoms with Crippen molar-refractivity contribution in [2.45, 2.75) is 12.7 Å². The fourth-order valence-electron chi connectivity index (χ4n) is 3.48. The lowest BCUT2D eigenvalue weighted by molar-refractivity contribution is -0.604. The van der Waals surface area contributed by atoms with Gasteiger partial charge in [0.25, 0.3) is 0 Å². The van der Waals surface area contributed by atoms with E-state index in [-0.39, 0.29) is 17.9 Å². The van der Waals surface area contributed by atoms with Crippen molar-refractivity contribution >= 4 is 34.2 Å². The standard InChI is InChI=1S/C17H17F3N4O2.ClH/c18-17(19,20)16-15-13(1-3-21-16)12-2-4-23(25)11-14(12)24(15)6-5-22-7-9-26-10-8-22;/h1-4,11H,5-10H2;1H. The number of rotatable bonds is 3. The summed E-state index contributed by atoms with van der Waals surface area (Å²) in [5.74, 6) is 0. The Bertz CT molecular complexity index is 955. The lowest BCUT2D eigenvalue weighted by atomic mass is 10.2. The molecule has 1 saturated heterocycles. The van der Waals surface area contributed by atoms with Gasteiger partial charge in [-0.3, -0.25) is 4.90 Å². The zero-order valence-electron chi connectivity index (χ0n) is 14.3. The molecule has 0 N–H and O–H groups in total. The molecule has 0 radical (unpaired) electrons. The average molecular weight is 403 g/mol. The molecule has 0 spiro atoms. The second-order valence-electron chi connectivity index (χ2n) is 6.26. The van der Waals surface area contributed by atoms with Crippen LogP contribution in [0, 0.1) is 5.21 Å². The third-order valence-electron chi connectivity index (χ3n) is 4.70. The first-order chi connectivity index (χ1) is 12.4. The number of hydrogen-bond acceptors (Lipinski definition) is 4. The minimum atomic E-state index is -4.57. The van der Waals surface area contributed by atoms with E-state index in [2.05, 4.69) is 9.88 Å². The van der Waals surface area contributed by atoms with Crippen molar-refractivity contribution in [1.82, 2.24) is 14.5 Å². The average Bonchev–Trinajstić information content (AvgIpc) is 2.92. The van der Waals surface area contributed by atoms with Crippen LogP contribution in [0.5, 0.6) is 0 Å². The summed E-state index contributed by atoms with van der Waals surface area (Å²) in [5.41, 5.74) is -0.427. The zero-order valence-corrected chi connectivity index (χ0v) is 15.1. The molecule has 0 unspecified atom stereocenters. The van der Waals surface area contributed by atoms with E-state index in [1.54, 1.807) is 16.7 Å². The molecule has 4 heterocycles. The van der Waals surface area contributed by atoms with Crippen molar-refractivity contribution in [3.63, 3.8) is 0 Å². The number of ether oxygens (including phenoxy) is 1. The van der Waals surface area contributed by atoms with Crippen molar-refractivity contribution in [3.8, 4) is 0 Å². The maximum atomic E-state index is 13.5. The molecule has 6 nitrogen and oxygen atoms in total. The molecule has 146 valence electrons. The topological polar surface area (TPSA) is 57.2 Å².